The van der Waals surface area contributed by atoms with Gasteiger partial charge >= 0.3 is 0 Å². The van der Waals surface area contributed by atoms with Crippen LogP contribution in [0.4, 0.5) is 0 Å². The predicted octanol–water partition coefficient (Wildman–Crippen LogP) is 1.34. The van der Waals surface area contributed by atoms with Crippen LogP contribution in [0.25, 0.3) is 0 Å². The molecule has 0 aromatic heterocycles. The molecule has 0 spiro atoms. The third kappa shape index (κ3) is 3.44. The van der Waals surface area contributed by atoms with Crippen LogP contribution in [-0.2, 0) is 4.79 Å². The summed E-state index contributed by atoms with van der Waals surface area (Å²) in [7, 11) is 0. The van der Waals surface area contributed by atoms with Crippen LogP contribution in [0, 0.1) is 5.92 Å². The predicted molar refractivity (Wildman–Crippen MR) is 86.9 cm³/mol. The van der Waals surface area contributed by atoms with Crippen LogP contribution in [0.2, 0.25) is 0 Å². The van der Waals surface area contributed by atoms with Gasteiger partial charge < -0.3 is 5.32 Å². The molecule has 3 fully saturated rings. The van der Waals surface area contributed by atoms with E-state index in [4.69, 9.17) is 0 Å². The maximum absolute atomic E-state index is 12.6. The van der Waals surface area contributed by atoms with E-state index in [0.29, 0.717) is 23.0 Å². The first-order valence-corrected chi connectivity index (χ1v) is 9.18. The fourth-order valence-electron chi connectivity index (χ4n) is 3.96. The van der Waals surface area contributed by atoms with Crippen molar-refractivity contribution in [3.63, 3.8) is 0 Å². The first kappa shape index (κ1) is 15.7. The monoisotopic (exact) mass is 358 g/mol. The van der Waals surface area contributed by atoms with Gasteiger partial charge in [0.25, 0.3) is 0 Å². The standard InChI is InChI=1S/C15H27BrN4O/c1-9-7-10(2)20-14(18-9)13(8-17-20)15(21)19-12-5-3-11(16)4-6-12/h9-14,17-18H,3-8H2,1-2H3,(H,19,21). The molecule has 1 amide bonds. The Kier molecular flexibility index (Phi) is 4.88. The number of hydrazine groups is 1. The van der Waals surface area contributed by atoms with Gasteiger partial charge in [0, 0.05) is 29.5 Å². The molecule has 3 N–H and O–H groups in total. The summed E-state index contributed by atoms with van der Waals surface area (Å²) in [5, 5.41) is 9.09. The van der Waals surface area contributed by atoms with Gasteiger partial charge in [0.05, 0.1) is 12.1 Å². The molecular formula is C15H27BrN4O. The Morgan fingerprint density at radius 1 is 1.24 bits per heavy atom. The van der Waals surface area contributed by atoms with Crippen LogP contribution in [0.15, 0.2) is 0 Å². The molecule has 6 heteroatoms. The molecule has 2 aliphatic heterocycles. The highest BCUT2D eigenvalue weighted by Crippen LogP contribution is 2.27. The fraction of sp³-hybridized carbons (Fsp3) is 0.933. The first-order valence-electron chi connectivity index (χ1n) is 8.27. The van der Waals surface area contributed by atoms with Crippen molar-refractivity contribution in [1.82, 2.24) is 21.1 Å². The Labute approximate surface area is 135 Å². The lowest BCUT2D eigenvalue weighted by molar-refractivity contribution is -0.127. The lowest BCUT2D eigenvalue weighted by Gasteiger charge is -2.40. The molecule has 5 nitrogen and oxygen atoms in total. The molecule has 1 saturated carbocycles. The SMILES string of the molecule is CC1CC(C)N2NCC(C(=O)NC3CCC(Br)CC3)C2N1. The van der Waals surface area contributed by atoms with Gasteiger partial charge in [-0.15, -0.1) is 0 Å². The number of hydrogen-bond donors (Lipinski definition) is 3. The van der Waals surface area contributed by atoms with Crippen molar-refractivity contribution in [2.45, 2.75) is 75.1 Å². The summed E-state index contributed by atoms with van der Waals surface area (Å²) in [6, 6.07) is 1.31. The van der Waals surface area contributed by atoms with Crippen molar-refractivity contribution < 1.29 is 4.79 Å². The molecule has 120 valence electrons. The van der Waals surface area contributed by atoms with Crippen LogP contribution in [0.3, 0.4) is 0 Å². The topological polar surface area (TPSA) is 56.4 Å². The fourth-order valence-corrected chi connectivity index (χ4v) is 4.49. The number of fused-ring (bicyclic) bond motifs is 1. The van der Waals surface area contributed by atoms with Crippen molar-refractivity contribution in [1.29, 1.82) is 0 Å². The number of rotatable bonds is 2. The minimum Gasteiger partial charge on any atom is -0.353 e. The first-order chi connectivity index (χ1) is 10.0. The minimum atomic E-state index is 0.0110. The molecule has 0 radical (unpaired) electrons. The van der Waals surface area contributed by atoms with Gasteiger partial charge in [0.2, 0.25) is 5.91 Å². The number of carbonyl (C=O) groups is 1. The van der Waals surface area contributed by atoms with Gasteiger partial charge in [0.15, 0.2) is 0 Å². The van der Waals surface area contributed by atoms with Crippen molar-refractivity contribution in [3.05, 3.63) is 0 Å². The number of halogens is 1. The number of alkyl halides is 1. The average molecular weight is 359 g/mol. The second-order valence-corrected chi connectivity index (χ2v) is 8.23. The largest absolute Gasteiger partial charge is 0.353 e. The Morgan fingerprint density at radius 3 is 2.67 bits per heavy atom. The van der Waals surface area contributed by atoms with E-state index in [1.165, 1.54) is 0 Å². The van der Waals surface area contributed by atoms with Crippen molar-refractivity contribution in [2.24, 2.45) is 5.92 Å². The third-order valence-electron chi connectivity index (χ3n) is 5.14. The second kappa shape index (κ2) is 6.52. The van der Waals surface area contributed by atoms with Crippen molar-refractivity contribution in [2.75, 3.05) is 6.54 Å². The molecular weight excluding hydrogens is 332 g/mol. The van der Waals surface area contributed by atoms with E-state index < -0.39 is 0 Å². The third-order valence-corrected chi connectivity index (χ3v) is 6.05. The van der Waals surface area contributed by atoms with E-state index in [0.717, 1.165) is 38.6 Å². The van der Waals surface area contributed by atoms with Gasteiger partial charge in [-0.25, -0.2) is 5.01 Å². The average Bonchev–Trinajstić information content (AvgIpc) is 2.85. The second-order valence-electron chi connectivity index (χ2n) is 6.93. The maximum Gasteiger partial charge on any atom is 0.227 e. The number of carbonyl (C=O) groups excluding carboxylic acids is 1. The Bertz CT molecular complexity index is 386. The van der Waals surface area contributed by atoms with Crippen molar-refractivity contribution >= 4 is 21.8 Å². The van der Waals surface area contributed by atoms with E-state index in [1.54, 1.807) is 0 Å². The lowest BCUT2D eigenvalue weighted by Crippen LogP contribution is -2.61. The zero-order valence-corrected chi connectivity index (χ0v) is 14.5. The zero-order chi connectivity index (χ0) is 15.0. The zero-order valence-electron chi connectivity index (χ0n) is 12.9. The summed E-state index contributed by atoms with van der Waals surface area (Å²) in [5.74, 6) is 0.221. The molecule has 3 aliphatic rings. The number of hydrogen-bond acceptors (Lipinski definition) is 4. The molecule has 0 aromatic carbocycles. The number of nitrogens with one attached hydrogen (secondary N) is 3. The smallest absolute Gasteiger partial charge is 0.227 e. The van der Waals surface area contributed by atoms with E-state index in [9.17, 15) is 4.79 Å². The van der Waals surface area contributed by atoms with Crippen LogP contribution in [0.1, 0.15) is 46.0 Å². The van der Waals surface area contributed by atoms with E-state index in [1.807, 2.05) is 0 Å². The highest BCUT2D eigenvalue weighted by Gasteiger charge is 2.44. The van der Waals surface area contributed by atoms with Crippen LogP contribution in [0.5, 0.6) is 0 Å². The number of nitrogens with zero attached hydrogens (tertiary/aromatic N) is 1. The van der Waals surface area contributed by atoms with Crippen LogP contribution in [-0.4, -0.2) is 46.6 Å². The minimum absolute atomic E-state index is 0.0110. The quantitative estimate of drug-likeness (QED) is 0.652. The summed E-state index contributed by atoms with van der Waals surface area (Å²) in [4.78, 5) is 13.3. The van der Waals surface area contributed by atoms with E-state index >= 15 is 0 Å². The molecule has 21 heavy (non-hydrogen) atoms. The van der Waals surface area contributed by atoms with Gasteiger partial charge in [-0.3, -0.25) is 15.5 Å². The molecule has 3 rings (SSSR count). The number of amides is 1. The molecule has 2 saturated heterocycles. The normalized spacial score (nSPS) is 44.3. The molecule has 0 aromatic rings. The van der Waals surface area contributed by atoms with Gasteiger partial charge in [-0.05, 0) is 46.0 Å². The Balaban J connectivity index is 1.57. The highest BCUT2D eigenvalue weighted by atomic mass is 79.9. The van der Waals surface area contributed by atoms with Crippen LogP contribution < -0.4 is 16.1 Å². The Morgan fingerprint density at radius 2 is 1.95 bits per heavy atom. The summed E-state index contributed by atoms with van der Waals surface area (Å²) in [6.07, 6.45) is 5.77. The van der Waals surface area contributed by atoms with Gasteiger partial charge in [0.1, 0.15) is 0 Å². The molecule has 2 heterocycles. The summed E-state index contributed by atoms with van der Waals surface area (Å²) >= 11 is 3.67. The lowest BCUT2D eigenvalue weighted by atomic mass is 9.94. The van der Waals surface area contributed by atoms with Crippen LogP contribution >= 0.6 is 15.9 Å². The summed E-state index contributed by atoms with van der Waals surface area (Å²) < 4.78 is 0. The molecule has 1 aliphatic carbocycles. The van der Waals surface area contributed by atoms with E-state index in [2.05, 4.69) is 50.8 Å². The molecule has 4 atom stereocenters. The maximum atomic E-state index is 12.6. The van der Waals surface area contributed by atoms with Crippen molar-refractivity contribution in [3.8, 4) is 0 Å². The Hall–Kier alpha value is -0.170. The molecule has 4 unspecified atom stereocenters. The van der Waals surface area contributed by atoms with Gasteiger partial charge in [-0.2, -0.15) is 0 Å². The summed E-state index contributed by atoms with van der Waals surface area (Å²) in [6.45, 7) is 5.18. The summed E-state index contributed by atoms with van der Waals surface area (Å²) in [5.41, 5.74) is 3.41. The van der Waals surface area contributed by atoms with E-state index in [-0.39, 0.29) is 18.0 Å². The highest BCUT2D eigenvalue weighted by molar-refractivity contribution is 9.09. The van der Waals surface area contributed by atoms with Gasteiger partial charge in [-0.1, -0.05) is 15.9 Å². The molecule has 0 bridgehead atoms.